The molecule has 0 spiro atoms. The first kappa shape index (κ1) is 12.0. The highest BCUT2D eigenvalue weighted by molar-refractivity contribution is 7.99. The van der Waals surface area contributed by atoms with Crippen molar-refractivity contribution >= 4 is 11.8 Å². The number of halogens is 1. The predicted molar refractivity (Wildman–Crippen MR) is 69.1 cm³/mol. The van der Waals surface area contributed by atoms with Crippen LogP contribution in [-0.4, -0.2) is 7.11 Å². The zero-order valence-electron chi connectivity index (χ0n) is 9.47. The highest BCUT2D eigenvalue weighted by Crippen LogP contribution is 2.36. The summed E-state index contributed by atoms with van der Waals surface area (Å²) in [6.45, 7) is 0. The standard InChI is InChI=1S/C14H13FOS/c1-16-12-7-9-13(10-8-12)17-14(15)11-5-3-2-4-6-11/h2-10,14H,1H3. The van der Waals surface area contributed by atoms with Crippen LogP contribution in [0.2, 0.25) is 0 Å². The van der Waals surface area contributed by atoms with Gasteiger partial charge in [-0.15, -0.1) is 0 Å². The molecule has 1 unspecified atom stereocenters. The third-order valence-corrected chi connectivity index (χ3v) is 3.38. The average Bonchev–Trinajstić information content (AvgIpc) is 2.40. The van der Waals surface area contributed by atoms with Crippen LogP contribution < -0.4 is 4.74 Å². The fourth-order valence-corrected chi connectivity index (χ4v) is 2.27. The van der Waals surface area contributed by atoms with Gasteiger partial charge in [-0.3, -0.25) is 0 Å². The van der Waals surface area contributed by atoms with Gasteiger partial charge in [0.1, 0.15) is 5.75 Å². The van der Waals surface area contributed by atoms with E-state index in [4.69, 9.17) is 4.74 Å². The summed E-state index contributed by atoms with van der Waals surface area (Å²) in [4.78, 5) is 0.891. The zero-order chi connectivity index (χ0) is 12.1. The summed E-state index contributed by atoms with van der Waals surface area (Å²) in [6.07, 6.45) is 0. The number of thioether (sulfide) groups is 1. The molecule has 0 radical (unpaired) electrons. The maximum Gasteiger partial charge on any atom is 0.175 e. The van der Waals surface area contributed by atoms with Crippen molar-refractivity contribution in [2.45, 2.75) is 10.4 Å². The van der Waals surface area contributed by atoms with Crippen LogP contribution in [0.5, 0.6) is 5.75 Å². The van der Waals surface area contributed by atoms with Gasteiger partial charge in [0.2, 0.25) is 0 Å². The Morgan fingerprint density at radius 2 is 1.65 bits per heavy atom. The van der Waals surface area contributed by atoms with Crippen molar-refractivity contribution in [2.75, 3.05) is 7.11 Å². The minimum absolute atomic E-state index is 0.688. The quantitative estimate of drug-likeness (QED) is 0.739. The number of methoxy groups -OCH3 is 1. The predicted octanol–water partition coefficient (Wildman–Crippen LogP) is 4.46. The van der Waals surface area contributed by atoms with Crippen molar-refractivity contribution in [2.24, 2.45) is 0 Å². The fourth-order valence-electron chi connectivity index (χ4n) is 1.45. The summed E-state index contributed by atoms with van der Waals surface area (Å²) in [5.74, 6) is 0.782. The van der Waals surface area contributed by atoms with Gasteiger partial charge < -0.3 is 4.74 Å². The van der Waals surface area contributed by atoms with Gasteiger partial charge in [0.05, 0.1) is 7.11 Å². The van der Waals surface area contributed by atoms with Crippen molar-refractivity contribution in [1.29, 1.82) is 0 Å². The Bertz CT molecular complexity index is 455. The number of hydrogen-bond donors (Lipinski definition) is 0. The third-order valence-electron chi connectivity index (χ3n) is 2.36. The molecule has 0 bridgehead atoms. The molecule has 1 nitrogen and oxygen atoms in total. The van der Waals surface area contributed by atoms with E-state index in [1.165, 1.54) is 11.8 Å². The molecular weight excluding hydrogens is 235 g/mol. The first-order valence-corrected chi connectivity index (χ1v) is 6.17. The molecule has 2 rings (SSSR count). The maximum atomic E-state index is 13.9. The molecule has 0 amide bonds. The van der Waals surface area contributed by atoms with Gasteiger partial charge in [-0.25, -0.2) is 4.39 Å². The highest BCUT2D eigenvalue weighted by atomic mass is 32.2. The smallest absolute Gasteiger partial charge is 0.175 e. The van der Waals surface area contributed by atoms with Crippen LogP contribution in [0.3, 0.4) is 0 Å². The summed E-state index contributed by atoms with van der Waals surface area (Å²) < 4.78 is 19.0. The summed E-state index contributed by atoms with van der Waals surface area (Å²) >= 11 is 1.19. The Kier molecular flexibility index (Phi) is 4.04. The van der Waals surface area contributed by atoms with Crippen LogP contribution >= 0.6 is 11.8 Å². The fraction of sp³-hybridized carbons (Fsp3) is 0.143. The van der Waals surface area contributed by atoms with Crippen molar-refractivity contribution < 1.29 is 9.13 Å². The Labute approximate surface area is 105 Å². The van der Waals surface area contributed by atoms with Crippen LogP contribution in [0, 0.1) is 0 Å². The van der Waals surface area contributed by atoms with E-state index in [1.54, 1.807) is 19.2 Å². The van der Waals surface area contributed by atoms with Gasteiger partial charge in [0.15, 0.2) is 5.50 Å². The second-order valence-electron chi connectivity index (χ2n) is 3.52. The molecule has 2 aromatic rings. The Morgan fingerprint density at radius 3 is 2.24 bits per heavy atom. The molecule has 0 aliphatic carbocycles. The topological polar surface area (TPSA) is 9.23 Å². The number of hydrogen-bond acceptors (Lipinski definition) is 2. The molecule has 3 heteroatoms. The number of rotatable bonds is 4. The second-order valence-corrected chi connectivity index (χ2v) is 4.64. The van der Waals surface area contributed by atoms with E-state index >= 15 is 0 Å². The van der Waals surface area contributed by atoms with Gasteiger partial charge in [0, 0.05) is 4.90 Å². The lowest BCUT2D eigenvalue weighted by molar-refractivity contribution is 0.414. The van der Waals surface area contributed by atoms with E-state index in [2.05, 4.69) is 0 Å². The van der Waals surface area contributed by atoms with Crippen LogP contribution in [-0.2, 0) is 0 Å². The summed E-state index contributed by atoms with van der Waals surface area (Å²) in [5, 5.41) is 0. The Balaban J connectivity index is 2.05. The van der Waals surface area contributed by atoms with Crippen LogP contribution in [0.25, 0.3) is 0 Å². The van der Waals surface area contributed by atoms with E-state index in [-0.39, 0.29) is 0 Å². The molecule has 0 fully saturated rings. The van der Waals surface area contributed by atoms with Crippen LogP contribution in [0.15, 0.2) is 59.5 Å². The lowest BCUT2D eigenvalue weighted by Gasteiger charge is -2.08. The molecule has 0 aromatic heterocycles. The molecule has 88 valence electrons. The van der Waals surface area contributed by atoms with Crippen LogP contribution in [0.1, 0.15) is 11.1 Å². The largest absolute Gasteiger partial charge is 0.497 e. The average molecular weight is 248 g/mol. The zero-order valence-corrected chi connectivity index (χ0v) is 10.3. The lowest BCUT2D eigenvalue weighted by Crippen LogP contribution is -1.86. The third kappa shape index (κ3) is 3.24. The van der Waals surface area contributed by atoms with Gasteiger partial charge >= 0.3 is 0 Å². The number of ether oxygens (including phenoxy) is 1. The van der Waals surface area contributed by atoms with Crippen LogP contribution in [0.4, 0.5) is 4.39 Å². The Hall–Kier alpha value is -1.48. The summed E-state index contributed by atoms with van der Waals surface area (Å²) in [5.41, 5.74) is -0.349. The number of alkyl halides is 1. The van der Waals surface area contributed by atoms with E-state index in [0.29, 0.717) is 5.56 Å². The molecule has 0 aliphatic rings. The van der Waals surface area contributed by atoms with Crippen molar-refractivity contribution in [1.82, 2.24) is 0 Å². The molecule has 0 saturated carbocycles. The molecular formula is C14H13FOS. The first-order chi connectivity index (χ1) is 8.29. The Morgan fingerprint density at radius 1 is 1.00 bits per heavy atom. The van der Waals surface area contributed by atoms with Gasteiger partial charge in [0.25, 0.3) is 0 Å². The molecule has 0 heterocycles. The molecule has 0 aliphatic heterocycles. The van der Waals surface area contributed by atoms with E-state index < -0.39 is 5.50 Å². The lowest BCUT2D eigenvalue weighted by atomic mass is 10.2. The number of benzene rings is 2. The molecule has 2 aromatic carbocycles. The molecule has 0 saturated heterocycles. The van der Waals surface area contributed by atoms with Crippen molar-refractivity contribution in [3.05, 3.63) is 60.2 Å². The maximum absolute atomic E-state index is 13.9. The molecule has 0 N–H and O–H groups in total. The summed E-state index contributed by atoms with van der Waals surface area (Å²) in [7, 11) is 1.62. The summed E-state index contributed by atoms with van der Waals surface area (Å²) in [6, 6.07) is 16.5. The molecule has 17 heavy (non-hydrogen) atoms. The SMILES string of the molecule is COc1ccc(SC(F)c2ccccc2)cc1. The van der Waals surface area contributed by atoms with Crippen molar-refractivity contribution in [3.8, 4) is 5.75 Å². The second kappa shape index (κ2) is 5.73. The first-order valence-electron chi connectivity index (χ1n) is 5.29. The minimum Gasteiger partial charge on any atom is -0.497 e. The minimum atomic E-state index is -1.04. The molecule has 1 atom stereocenters. The highest BCUT2D eigenvalue weighted by Gasteiger charge is 2.10. The van der Waals surface area contributed by atoms with E-state index in [0.717, 1.165) is 10.6 Å². The van der Waals surface area contributed by atoms with Gasteiger partial charge in [-0.05, 0) is 29.8 Å². The van der Waals surface area contributed by atoms with Crippen molar-refractivity contribution in [3.63, 3.8) is 0 Å². The normalized spacial score (nSPS) is 12.1. The van der Waals surface area contributed by atoms with Gasteiger partial charge in [-0.2, -0.15) is 0 Å². The van der Waals surface area contributed by atoms with Gasteiger partial charge in [-0.1, -0.05) is 42.1 Å². The van der Waals surface area contributed by atoms with E-state index in [9.17, 15) is 4.39 Å². The van der Waals surface area contributed by atoms with E-state index in [1.807, 2.05) is 42.5 Å². The monoisotopic (exact) mass is 248 g/mol.